The number of furan rings is 1. The summed E-state index contributed by atoms with van der Waals surface area (Å²) >= 11 is 1.67. The Balaban J connectivity index is 1.72. The van der Waals surface area contributed by atoms with Crippen molar-refractivity contribution < 1.29 is 14.4 Å². The topological polar surface area (TPSA) is 117 Å². The molecular formula is C19H27N5O4S. The second kappa shape index (κ2) is 12.1. The number of hydrogen-bond donors (Lipinski definition) is 3. The Morgan fingerprint density at radius 2 is 2.17 bits per heavy atom. The molecule has 1 atom stereocenters. The summed E-state index contributed by atoms with van der Waals surface area (Å²) < 4.78 is 5.75. The van der Waals surface area contributed by atoms with Crippen molar-refractivity contribution in [2.75, 3.05) is 32.9 Å². The van der Waals surface area contributed by atoms with Crippen LogP contribution in [-0.2, 0) is 12.3 Å². The van der Waals surface area contributed by atoms with Gasteiger partial charge in [0.15, 0.2) is 5.82 Å². The molecule has 0 aliphatic heterocycles. The van der Waals surface area contributed by atoms with Gasteiger partial charge in [-0.1, -0.05) is 6.07 Å². The molecule has 0 saturated carbocycles. The zero-order chi connectivity index (χ0) is 21.1. The van der Waals surface area contributed by atoms with Gasteiger partial charge in [-0.15, -0.1) is 0 Å². The predicted octanol–water partition coefficient (Wildman–Crippen LogP) is 1.96. The predicted molar refractivity (Wildman–Crippen MR) is 113 cm³/mol. The van der Waals surface area contributed by atoms with Crippen LogP contribution in [0, 0.1) is 10.1 Å². The number of nitro groups is 1. The van der Waals surface area contributed by atoms with Gasteiger partial charge in [0.25, 0.3) is 6.20 Å². The van der Waals surface area contributed by atoms with Crippen LogP contribution in [-0.4, -0.2) is 52.9 Å². The largest absolute Gasteiger partial charge is 0.464 e. The lowest BCUT2D eigenvalue weighted by Gasteiger charge is -2.15. The first kappa shape index (κ1) is 22.7. The normalized spacial score (nSPS) is 12.8. The number of aliphatic hydroxyl groups excluding tert-OH is 1. The molecule has 0 aliphatic carbocycles. The fourth-order valence-electron chi connectivity index (χ4n) is 2.48. The van der Waals surface area contributed by atoms with Gasteiger partial charge in [-0.2, -0.15) is 11.8 Å². The molecule has 2 aromatic rings. The van der Waals surface area contributed by atoms with Crippen LogP contribution in [0.1, 0.15) is 23.2 Å². The fraction of sp³-hybridized carbons (Fsp3) is 0.421. The standard InChI is InChI=1S/C19H27N5O4S/c1-23(2)12-16-5-6-17(28-16)14-29-9-8-21-19(13-24(26)27)22-11-18(25)15-4-3-7-20-10-15/h3-7,10,13,18,21-22,25H,8-9,11-12,14H2,1-2H3. The first-order valence-electron chi connectivity index (χ1n) is 9.15. The van der Waals surface area contributed by atoms with E-state index in [4.69, 9.17) is 4.42 Å². The van der Waals surface area contributed by atoms with Crippen LogP contribution >= 0.6 is 11.8 Å². The van der Waals surface area contributed by atoms with E-state index in [0.717, 1.165) is 35.8 Å². The Morgan fingerprint density at radius 1 is 1.38 bits per heavy atom. The first-order valence-corrected chi connectivity index (χ1v) is 10.3. The number of hydrogen-bond acceptors (Lipinski definition) is 9. The molecule has 0 spiro atoms. The van der Waals surface area contributed by atoms with Gasteiger partial charge in [-0.05, 0) is 32.3 Å². The van der Waals surface area contributed by atoms with Crippen molar-refractivity contribution in [3.8, 4) is 0 Å². The summed E-state index contributed by atoms with van der Waals surface area (Å²) in [7, 11) is 3.98. The lowest BCUT2D eigenvalue weighted by molar-refractivity contribution is -0.404. The minimum absolute atomic E-state index is 0.132. The number of rotatable bonds is 13. The molecule has 10 heteroatoms. The van der Waals surface area contributed by atoms with Crippen LogP contribution in [0.2, 0.25) is 0 Å². The summed E-state index contributed by atoms with van der Waals surface area (Å²) in [5, 5.41) is 26.9. The molecule has 29 heavy (non-hydrogen) atoms. The maximum atomic E-state index is 10.8. The highest BCUT2D eigenvalue weighted by Crippen LogP contribution is 2.16. The van der Waals surface area contributed by atoms with E-state index in [2.05, 4.69) is 15.6 Å². The minimum Gasteiger partial charge on any atom is -0.464 e. The molecule has 0 amide bonds. The third kappa shape index (κ3) is 8.99. The van der Waals surface area contributed by atoms with Crippen molar-refractivity contribution in [1.29, 1.82) is 0 Å². The van der Waals surface area contributed by atoms with E-state index < -0.39 is 11.0 Å². The van der Waals surface area contributed by atoms with E-state index >= 15 is 0 Å². The highest BCUT2D eigenvalue weighted by Gasteiger charge is 2.10. The molecule has 1 unspecified atom stereocenters. The summed E-state index contributed by atoms with van der Waals surface area (Å²) in [6.07, 6.45) is 3.23. The maximum absolute atomic E-state index is 10.8. The average Bonchev–Trinajstić information content (AvgIpc) is 3.12. The van der Waals surface area contributed by atoms with Crippen LogP contribution < -0.4 is 10.6 Å². The summed E-state index contributed by atoms with van der Waals surface area (Å²) in [5.41, 5.74) is 0.642. The molecule has 158 valence electrons. The van der Waals surface area contributed by atoms with E-state index in [1.807, 2.05) is 31.1 Å². The van der Waals surface area contributed by atoms with Crippen LogP contribution in [0.4, 0.5) is 0 Å². The van der Waals surface area contributed by atoms with Gasteiger partial charge < -0.3 is 25.1 Å². The molecule has 2 aromatic heterocycles. The molecular weight excluding hydrogens is 394 g/mol. The molecule has 0 bridgehead atoms. The lowest BCUT2D eigenvalue weighted by Crippen LogP contribution is -2.31. The molecule has 2 rings (SSSR count). The van der Waals surface area contributed by atoms with E-state index in [1.54, 1.807) is 36.3 Å². The molecule has 0 aliphatic rings. The number of nitrogens with one attached hydrogen (secondary N) is 2. The molecule has 9 nitrogen and oxygen atoms in total. The number of nitrogens with zero attached hydrogens (tertiary/aromatic N) is 3. The monoisotopic (exact) mass is 421 g/mol. The lowest BCUT2D eigenvalue weighted by atomic mass is 10.1. The molecule has 2 heterocycles. The van der Waals surface area contributed by atoms with E-state index in [9.17, 15) is 15.2 Å². The van der Waals surface area contributed by atoms with Gasteiger partial charge in [-0.25, -0.2) is 0 Å². The summed E-state index contributed by atoms with van der Waals surface area (Å²) in [6.45, 7) is 1.43. The van der Waals surface area contributed by atoms with Crippen molar-refractivity contribution in [2.45, 2.75) is 18.4 Å². The molecule has 0 aromatic carbocycles. The third-order valence-corrected chi connectivity index (χ3v) is 4.77. The van der Waals surface area contributed by atoms with Crippen molar-refractivity contribution in [3.05, 3.63) is 75.9 Å². The maximum Gasteiger partial charge on any atom is 0.274 e. The number of aromatic nitrogens is 1. The van der Waals surface area contributed by atoms with Gasteiger partial charge in [0, 0.05) is 36.8 Å². The second-order valence-electron chi connectivity index (χ2n) is 6.60. The smallest absolute Gasteiger partial charge is 0.274 e. The van der Waals surface area contributed by atoms with Gasteiger partial charge in [0.2, 0.25) is 0 Å². The van der Waals surface area contributed by atoms with Crippen LogP contribution in [0.3, 0.4) is 0 Å². The fourth-order valence-corrected chi connectivity index (χ4v) is 3.23. The van der Waals surface area contributed by atoms with Crippen LogP contribution in [0.15, 0.2) is 53.1 Å². The second-order valence-corrected chi connectivity index (χ2v) is 7.70. The Bertz CT molecular complexity index is 782. The highest BCUT2D eigenvalue weighted by atomic mass is 32.2. The van der Waals surface area contributed by atoms with Gasteiger partial charge in [0.1, 0.15) is 11.5 Å². The highest BCUT2D eigenvalue weighted by molar-refractivity contribution is 7.98. The summed E-state index contributed by atoms with van der Waals surface area (Å²) in [5.74, 6) is 3.56. The Hall–Kier alpha value is -2.56. The van der Waals surface area contributed by atoms with Gasteiger partial charge in [-0.3, -0.25) is 15.1 Å². The van der Waals surface area contributed by atoms with Crippen molar-refractivity contribution in [3.63, 3.8) is 0 Å². The van der Waals surface area contributed by atoms with E-state index in [0.29, 0.717) is 12.1 Å². The minimum atomic E-state index is -0.814. The zero-order valence-electron chi connectivity index (χ0n) is 16.6. The zero-order valence-corrected chi connectivity index (χ0v) is 17.4. The number of pyridine rings is 1. The van der Waals surface area contributed by atoms with E-state index in [1.165, 1.54) is 0 Å². The van der Waals surface area contributed by atoms with Crippen molar-refractivity contribution in [2.24, 2.45) is 0 Å². The van der Waals surface area contributed by atoms with Crippen LogP contribution in [0.25, 0.3) is 0 Å². The van der Waals surface area contributed by atoms with Crippen molar-refractivity contribution >= 4 is 11.8 Å². The van der Waals surface area contributed by atoms with Crippen molar-refractivity contribution in [1.82, 2.24) is 20.5 Å². The molecule has 3 N–H and O–H groups in total. The van der Waals surface area contributed by atoms with Gasteiger partial charge >= 0.3 is 0 Å². The van der Waals surface area contributed by atoms with Crippen LogP contribution in [0.5, 0.6) is 0 Å². The molecule has 0 fully saturated rings. The quantitative estimate of drug-likeness (QED) is 0.253. The average molecular weight is 422 g/mol. The molecule has 0 saturated heterocycles. The van der Waals surface area contributed by atoms with Gasteiger partial charge in [0.05, 0.1) is 23.3 Å². The Kier molecular flexibility index (Phi) is 9.48. The third-order valence-electron chi connectivity index (χ3n) is 3.79. The SMILES string of the molecule is CN(C)Cc1ccc(CSCCNC(=C[N+](=O)[O-])NCC(O)c2cccnc2)o1. The number of thioether (sulfide) groups is 1. The molecule has 0 radical (unpaired) electrons. The summed E-state index contributed by atoms with van der Waals surface area (Å²) in [4.78, 5) is 16.3. The van der Waals surface area contributed by atoms with E-state index in [-0.39, 0.29) is 12.4 Å². The first-order chi connectivity index (χ1) is 13.9. The summed E-state index contributed by atoms with van der Waals surface area (Å²) in [6, 6.07) is 7.42. The Labute approximate surface area is 174 Å². The number of aliphatic hydroxyl groups is 1. The Morgan fingerprint density at radius 3 is 2.86 bits per heavy atom.